The number of guanidine groups is 1. The Labute approximate surface area is 152 Å². The van der Waals surface area contributed by atoms with Crippen LogP contribution in [0.15, 0.2) is 53.5 Å². The summed E-state index contributed by atoms with van der Waals surface area (Å²) in [6, 6.07) is 15.9. The molecule has 3 aromatic rings. The number of benzene rings is 2. The van der Waals surface area contributed by atoms with Crippen molar-refractivity contribution in [2.24, 2.45) is 4.99 Å². The number of hydrogen-bond acceptors (Lipinski definition) is 2. The number of aromatic amines is 1. The minimum absolute atomic E-state index is 0.684. The lowest BCUT2D eigenvalue weighted by Gasteiger charge is -2.11. The Bertz CT molecular complexity index is 823. The molecule has 0 radical (unpaired) electrons. The molecule has 3 N–H and O–H groups in total. The second kappa shape index (κ2) is 8.53. The van der Waals surface area contributed by atoms with Gasteiger partial charge >= 0.3 is 0 Å². The van der Waals surface area contributed by atoms with E-state index in [0.717, 1.165) is 52.8 Å². The van der Waals surface area contributed by atoms with E-state index in [4.69, 9.17) is 11.6 Å². The molecule has 0 amide bonds. The summed E-state index contributed by atoms with van der Waals surface area (Å²) in [5.41, 5.74) is 3.23. The molecule has 0 unspecified atom stereocenters. The van der Waals surface area contributed by atoms with E-state index in [1.807, 2.05) is 48.5 Å². The van der Waals surface area contributed by atoms with E-state index in [1.165, 1.54) is 0 Å². The highest BCUT2D eigenvalue weighted by atomic mass is 35.5. The average Bonchev–Trinajstić information content (AvgIpc) is 3.04. The molecule has 0 aliphatic heterocycles. The fraction of sp³-hybridized carbons (Fsp3) is 0.263. The first-order valence-corrected chi connectivity index (χ1v) is 8.75. The van der Waals surface area contributed by atoms with Gasteiger partial charge in [0.25, 0.3) is 0 Å². The van der Waals surface area contributed by atoms with Crippen LogP contribution in [0.5, 0.6) is 0 Å². The van der Waals surface area contributed by atoms with E-state index >= 15 is 0 Å². The molecule has 0 spiro atoms. The highest BCUT2D eigenvalue weighted by Crippen LogP contribution is 2.11. The number of aliphatic imine (C=N–C) groups is 1. The summed E-state index contributed by atoms with van der Waals surface area (Å²) < 4.78 is 0. The van der Waals surface area contributed by atoms with Crippen LogP contribution in [0, 0.1) is 0 Å². The van der Waals surface area contributed by atoms with Crippen LogP contribution in [0.3, 0.4) is 0 Å². The van der Waals surface area contributed by atoms with Gasteiger partial charge in [-0.2, -0.15) is 0 Å². The van der Waals surface area contributed by atoms with Crippen molar-refractivity contribution in [2.75, 3.05) is 13.6 Å². The standard InChI is InChI=1S/C19H22ClN5/c1-21-19(23-13-14-6-4-7-15(20)12-14)22-11-5-10-18-24-16-8-2-3-9-17(16)25-18/h2-4,6-9,12H,5,10-11,13H2,1H3,(H,24,25)(H2,21,22,23). The predicted octanol–water partition coefficient (Wildman–Crippen LogP) is 3.51. The number of nitrogens with one attached hydrogen (secondary N) is 3. The second-order valence-electron chi connectivity index (χ2n) is 5.79. The number of aryl methyl sites for hydroxylation is 1. The van der Waals surface area contributed by atoms with Crippen LogP contribution in [0.25, 0.3) is 11.0 Å². The Kier molecular flexibility index (Phi) is 5.90. The lowest BCUT2D eigenvalue weighted by molar-refractivity contribution is 0.726. The van der Waals surface area contributed by atoms with Crippen molar-refractivity contribution in [3.63, 3.8) is 0 Å². The number of aromatic nitrogens is 2. The summed E-state index contributed by atoms with van der Waals surface area (Å²) in [5, 5.41) is 7.36. The minimum atomic E-state index is 0.684. The smallest absolute Gasteiger partial charge is 0.191 e. The number of para-hydroxylation sites is 2. The monoisotopic (exact) mass is 355 g/mol. The maximum absolute atomic E-state index is 6.00. The van der Waals surface area contributed by atoms with Gasteiger partial charge in [0.15, 0.2) is 5.96 Å². The van der Waals surface area contributed by atoms with Crippen molar-refractivity contribution < 1.29 is 0 Å². The number of rotatable bonds is 6. The second-order valence-corrected chi connectivity index (χ2v) is 6.22. The Hall–Kier alpha value is -2.53. The Morgan fingerprint density at radius 2 is 2.04 bits per heavy atom. The van der Waals surface area contributed by atoms with Gasteiger partial charge in [-0.25, -0.2) is 4.98 Å². The normalized spacial score (nSPS) is 11.7. The molecule has 130 valence electrons. The van der Waals surface area contributed by atoms with Crippen LogP contribution in [-0.2, 0) is 13.0 Å². The SMILES string of the molecule is CN=C(NCCCc1nc2ccccc2[nH]1)NCc1cccc(Cl)c1. The molecule has 0 fully saturated rings. The number of imidazole rings is 1. The highest BCUT2D eigenvalue weighted by Gasteiger charge is 2.03. The summed E-state index contributed by atoms with van der Waals surface area (Å²) in [7, 11) is 1.77. The quantitative estimate of drug-likeness (QED) is 0.360. The van der Waals surface area contributed by atoms with Gasteiger partial charge < -0.3 is 15.6 Å². The number of H-pyrrole nitrogens is 1. The van der Waals surface area contributed by atoms with Crippen molar-refractivity contribution in [3.05, 3.63) is 64.9 Å². The van der Waals surface area contributed by atoms with E-state index in [-0.39, 0.29) is 0 Å². The average molecular weight is 356 g/mol. The summed E-state index contributed by atoms with van der Waals surface area (Å²) in [4.78, 5) is 12.2. The van der Waals surface area contributed by atoms with Crippen LogP contribution in [0.1, 0.15) is 17.8 Å². The molecule has 1 heterocycles. The van der Waals surface area contributed by atoms with Gasteiger partial charge in [-0.05, 0) is 36.2 Å². The van der Waals surface area contributed by atoms with Crippen LogP contribution >= 0.6 is 11.6 Å². The molecule has 0 aliphatic rings. The van der Waals surface area contributed by atoms with Gasteiger partial charge in [-0.1, -0.05) is 35.9 Å². The van der Waals surface area contributed by atoms with Crippen molar-refractivity contribution in [1.29, 1.82) is 0 Å². The first kappa shape index (κ1) is 17.3. The Balaban J connectivity index is 1.42. The molecule has 6 heteroatoms. The van der Waals surface area contributed by atoms with E-state index in [0.29, 0.717) is 6.54 Å². The first-order chi connectivity index (χ1) is 12.2. The van der Waals surface area contributed by atoms with E-state index < -0.39 is 0 Å². The fourth-order valence-electron chi connectivity index (χ4n) is 2.64. The van der Waals surface area contributed by atoms with Gasteiger partial charge in [-0.15, -0.1) is 0 Å². The number of hydrogen-bond donors (Lipinski definition) is 3. The minimum Gasteiger partial charge on any atom is -0.356 e. The van der Waals surface area contributed by atoms with E-state index in [2.05, 4.69) is 25.6 Å². The van der Waals surface area contributed by atoms with Crippen molar-refractivity contribution in [3.8, 4) is 0 Å². The molecule has 1 aromatic heterocycles. The molecular formula is C19H22ClN5. The molecule has 2 aromatic carbocycles. The summed E-state index contributed by atoms with van der Waals surface area (Å²) in [6.07, 6.45) is 1.87. The van der Waals surface area contributed by atoms with Crippen molar-refractivity contribution in [1.82, 2.24) is 20.6 Å². The lowest BCUT2D eigenvalue weighted by Crippen LogP contribution is -2.37. The molecule has 0 bridgehead atoms. The third kappa shape index (κ3) is 4.97. The van der Waals surface area contributed by atoms with Crippen LogP contribution in [-0.4, -0.2) is 29.5 Å². The zero-order valence-electron chi connectivity index (χ0n) is 14.2. The zero-order valence-corrected chi connectivity index (χ0v) is 15.0. The maximum Gasteiger partial charge on any atom is 0.191 e. The molecule has 0 atom stereocenters. The summed E-state index contributed by atoms with van der Waals surface area (Å²) in [6.45, 7) is 1.51. The largest absolute Gasteiger partial charge is 0.356 e. The van der Waals surface area contributed by atoms with E-state index in [9.17, 15) is 0 Å². The summed E-state index contributed by atoms with van der Waals surface area (Å²) >= 11 is 6.00. The summed E-state index contributed by atoms with van der Waals surface area (Å²) in [5.74, 6) is 1.80. The Morgan fingerprint density at radius 3 is 2.84 bits per heavy atom. The molecule has 0 saturated carbocycles. The van der Waals surface area contributed by atoms with Crippen LogP contribution in [0.4, 0.5) is 0 Å². The third-order valence-corrected chi connectivity index (χ3v) is 4.13. The van der Waals surface area contributed by atoms with Gasteiger partial charge in [0, 0.05) is 31.6 Å². The molecule has 25 heavy (non-hydrogen) atoms. The molecule has 5 nitrogen and oxygen atoms in total. The number of nitrogens with zero attached hydrogens (tertiary/aromatic N) is 2. The Morgan fingerprint density at radius 1 is 1.16 bits per heavy atom. The first-order valence-electron chi connectivity index (χ1n) is 8.37. The molecule has 0 saturated heterocycles. The van der Waals surface area contributed by atoms with Crippen LogP contribution < -0.4 is 10.6 Å². The van der Waals surface area contributed by atoms with E-state index in [1.54, 1.807) is 7.05 Å². The number of fused-ring (bicyclic) bond motifs is 1. The maximum atomic E-state index is 6.00. The molecular weight excluding hydrogens is 334 g/mol. The topological polar surface area (TPSA) is 65.1 Å². The highest BCUT2D eigenvalue weighted by molar-refractivity contribution is 6.30. The van der Waals surface area contributed by atoms with Gasteiger partial charge in [-0.3, -0.25) is 4.99 Å². The number of halogens is 1. The van der Waals surface area contributed by atoms with Crippen molar-refractivity contribution in [2.45, 2.75) is 19.4 Å². The molecule has 3 rings (SSSR count). The lowest BCUT2D eigenvalue weighted by atomic mass is 10.2. The predicted molar refractivity (Wildman–Crippen MR) is 104 cm³/mol. The van der Waals surface area contributed by atoms with Crippen molar-refractivity contribution >= 4 is 28.6 Å². The molecule has 0 aliphatic carbocycles. The zero-order chi connectivity index (χ0) is 17.5. The third-order valence-electron chi connectivity index (χ3n) is 3.89. The van der Waals surface area contributed by atoms with Gasteiger partial charge in [0.1, 0.15) is 5.82 Å². The van der Waals surface area contributed by atoms with Gasteiger partial charge in [0.05, 0.1) is 11.0 Å². The fourth-order valence-corrected chi connectivity index (χ4v) is 2.85. The van der Waals surface area contributed by atoms with Crippen LogP contribution in [0.2, 0.25) is 5.02 Å². The van der Waals surface area contributed by atoms with Gasteiger partial charge in [0.2, 0.25) is 0 Å².